The molecule has 2 aliphatic rings. The molecule has 0 spiro atoms. The van der Waals surface area contributed by atoms with E-state index in [0.717, 1.165) is 34.1 Å². The van der Waals surface area contributed by atoms with Gasteiger partial charge in [-0.3, -0.25) is 0 Å². The molecule has 146 valence electrons. The fourth-order valence-electron chi connectivity index (χ4n) is 5.06. The van der Waals surface area contributed by atoms with E-state index < -0.39 is 22.2 Å². The fourth-order valence-corrected chi connectivity index (χ4v) is 6.42. The summed E-state index contributed by atoms with van der Waals surface area (Å²) in [5.74, 6) is -0.361. The summed E-state index contributed by atoms with van der Waals surface area (Å²) in [6.07, 6.45) is 1.42. The van der Waals surface area contributed by atoms with Crippen LogP contribution in [0.25, 0.3) is 10.9 Å². The lowest BCUT2D eigenvalue weighted by molar-refractivity contribution is 0.0219. The van der Waals surface area contributed by atoms with Gasteiger partial charge >= 0.3 is 0 Å². The monoisotopic (exact) mass is 397 g/mol. The van der Waals surface area contributed by atoms with Gasteiger partial charge in [0, 0.05) is 23.4 Å². The van der Waals surface area contributed by atoms with Crippen LogP contribution in [-0.2, 0) is 16.4 Å². The zero-order valence-corrected chi connectivity index (χ0v) is 16.6. The van der Waals surface area contributed by atoms with Crippen LogP contribution in [0.2, 0.25) is 0 Å². The predicted molar refractivity (Wildman–Crippen MR) is 107 cm³/mol. The molecule has 2 N–H and O–H groups in total. The molecule has 1 saturated carbocycles. The molecule has 6 heteroatoms. The summed E-state index contributed by atoms with van der Waals surface area (Å²) in [5.41, 5.74) is 4.61. The molecule has 2 aliphatic carbocycles. The largest absolute Gasteiger partial charge is 0.390 e. The Kier molecular flexibility index (Phi) is 3.79. The molecule has 0 saturated heterocycles. The van der Waals surface area contributed by atoms with E-state index in [4.69, 9.17) is 0 Å². The number of aliphatic hydroxyl groups is 2. The summed E-state index contributed by atoms with van der Waals surface area (Å²) in [5, 5.41) is 21.8. The highest BCUT2D eigenvalue weighted by molar-refractivity contribution is 7.90. The molecule has 4 atom stereocenters. The standard InChI is InChI=1S/C22H23NO4S/c1-3-13-10-16-17-11-18(22(25)21(17)24)19(16)20-15(13)8-9-23(20)28(26,27)14-6-4-12(2)5-7-14/h4-10,17-18,21-22,24-25H,3,11H2,1-2H3/t17-,18+,21?,22?/m0/s1. The molecular formula is C22H23NO4S. The first-order chi connectivity index (χ1) is 13.3. The van der Waals surface area contributed by atoms with E-state index in [2.05, 4.69) is 6.07 Å². The summed E-state index contributed by atoms with van der Waals surface area (Å²) >= 11 is 0. The van der Waals surface area contributed by atoms with Gasteiger partial charge in [0.25, 0.3) is 10.0 Å². The zero-order chi connectivity index (χ0) is 19.8. The number of nitrogens with zero attached hydrogens (tertiary/aromatic N) is 1. The highest BCUT2D eigenvalue weighted by atomic mass is 32.2. The minimum Gasteiger partial charge on any atom is -0.390 e. The molecule has 2 unspecified atom stereocenters. The van der Waals surface area contributed by atoms with Gasteiger partial charge in [-0.15, -0.1) is 0 Å². The van der Waals surface area contributed by atoms with E-state index in [1.54, 1.807) is 30.5 Å². The average molecular weight is 397 g/mol. The lowest BCUT2D eigenvalue weighted by Gasteiger charge is -2.27. The number of aromatic nitrogens is 1. The fraction of sp³-hybridized carbons (Fsp3) is 0.364. The molecule has 5 rings (SSSR count). The van der Waals surface area contributed by atoms with Gasteiger partial charge in [0.1, 0.15) is 0 Å². The maximum atomic E-state index is 13.4. The van der Waals surface area contributed by atoms with Crippen molar-refractivity contribution in [2.45, 2.75) is 55.6 Å². The van der Waals surface area contributed by atoms with Crippen LogP contribution in [0.1, 0.15) is 47.4 Å². The van der Waals surface area contributed by atoms with Gasteiger partial charge in [0.05, 0.1) is 22.6 Å². The van der Waals surface area contributed by atoms with Gasteiger partial charge in [-0.1, -0.05) is 30.7 Å². The van der Waals surface area contributed by atoms with Gasteiger partial charge in [0.15, 0.2) is 0 Å². The third kappa shape index (κ3) is 2.22. The van der Waals surface area contributed by atoms with Crippen LogP contribution in [0.4, 0.5) is 0 Å². The molecular weight excluding hydrogens is 374 g/mol. The highest BCUT2D eigenvalue weighted by Gasteiger charge is 2.51. The van der Waals surface area contributed by atoms with Crippen molar-refractivity contribution in [3.8, 4) is 0 Å². The van der Waals surface area contributed by atoms with Crippen LogP contribution >= 0.6 is 0 Å². The normalized spacial score (nSPS) is 26.1. The van der Waals surface area contributed by atoms with Crippen LogP contribution in [0.15, 0.2) is 47.5 Å². The molecule has 0 radical (unpaired) electrons. The van der Waals surface area contributed by atoms with E-state index >= 15 is 0 Å². The molecule has 0 aliphatic heterocycles. The smallest absolute Gasteiger partial charge is 0.268 e. The number of aliphatic hydroxyl groups excluding tert-OH is 2. The van der Waals surface area contributed by atoms with Crippen molar-refractivity contribution in [1.29, 1.82) is 0 Å². The van der Waals surface area contributed by atoms with Crippen LogP contribution in [0, 0.1) is 6.92 Å². The second-order valence-corrected chi connectivity index (χ2v) is 9.83. The Labute approximate surface area is 164 Å². The zero-order valence-electron chi connectivity index (χ0n) is 15.8. The predicted octanol–water partition coefficient (Wildman–Crippen LogP) is 3.06. The molecule has 1 fully saturated rings. The van der Waals surface area contributed by atoms with Crippen LogP contribution in [0.3, 0.4) is 0 Å². The number of aryl methyl sites for hydroxylation is 2. The average Bonchev–Trinajstić information content (AvgIpc) is 3.35. The minimum absolute atomic E-state index is 0.130. The van der Waals surface area contributed by atoms with E-state index in [1.165, 1.54) is 3.97 Å². The summed E-state index contributed by atoms with van der Waals surface area (Å²) in [6.45, 7) is 3.97. The lowest BCUT2D eigenvalue weighted by Crippen LogP contribution is -2.31. The van der Waals surface area contributed by atoms with Crippen molar-refractivity contribution in [1.82, 2.24) is 3.97 Å². The molecule has 0 amide bonds. The Hall–Kier alpha value is -2.15. The Morgan fingerprint density at radius 3 is 2.43 bits per heavy atom. The maximum absolute atomic E-state index is 13.4. The Morgan fingerprint density at radius 2 is 1.75 bits per heavy atom. The van der Waals surface area contributed by atoms with Crippen LogP contribution < -0.4 is 0 Å². The quantitative estimate of drug-likeness (QED) is 0.712. The SMILES string of the molecule is CCc1cc2c(c3c1ccn3S(=O)(=O)c1ccc(C)cc1)[C@H]1C[C@@H]2C(O)C1O. The van der Waals surface area contributed by atoms with Crippen molar-refractivity contribution in [2.24, 2.45) is 0 Å². The first kappa shape index (κ1) is 17.9. The van der Waals surface area contributed by atoms with Crippen molar-refractivity contribution >= 4 is 20.9 Å². The van der Waals surface area contributed by atoms with E-state index in [-0.39, 0.29) is 16.7 Å². The summed E-state index contributed by atoms with van der Waals surface area (Å²) in [7, 11) is -3.76. The third-order valence-electron chi connectivity index (χ3n) is 6.51. The van der Waals surface area contributed by atoms with Crippen molar-refractivity contribution in [3.05, 3.63) is 64.8 Å². The Balaban J connectivity index is 1.81. The first-order valence-electron chi connectivity index (χ1n) is 9.69. The number of rotatable bonds is 3. The maximum Gasteiger partial charge on any atom is 0.268 e. The molecule has 2 aromatic carbocycles. The topological polar surface area (TPSA) is 79.5 Å². The third-order valence-corrected chi connectivity index (χ3v) is 8.20. The van der Waals surface area contributed by atoms with Gasteiger partial charge < -0.3 is 10.2 Å². The number of fused-ring (bicyclic) bond motifs is 7. The summed E-state index contributed by atoms with van der Waals surface area (Å²) in [4.78, 5) is 0.245. The van der Waals surface area contributed by atoms with E-state index in [9.17, 15) is 18.6 Å². The Morgan fingerprint density at radius 1 is 1.07 bits per heavy atom. The summed E-state index contributed by atoms with van der Waals surface area (Å²) < 4.78 is 28.2. The van der Waals surface area contributed by atoms with Crippen LogP contribution in [0.5, 0.6) is 0 Å². The van der Waals surface area contributed by atoms with Gasteiger partial charge in [0.2, 0.25) is 0 Å². The lowest BCUT2D eigenvalue weighted by atomic mass is 9.84. The number of hydrogen-bond acceptors (Lipinski definition) is 4. The van der Waals surface area contributed by atoms with E-state index in [1.807, 2.05) is 19.9 Å². The van der Waals surface area contributed by atoms with Crippen LogP contribution in [-0.4, -0.2) is 34.8 Å². The number of hydrogen-bond donors (Lipinski definition) is 2. The number of benzene rings is 2. The van der Waals surface area contributed by atoms with Crippen molar-refractivity contribution in [3.63, 3.8) is 0 Å². The first-order valence-corrected chi connectivity index (χ1v) is 11.1. The van der Waals surface area contributed by atoms with Crippen molar-refractivity contribution < 1.29 is 18.6 Å². The minimum atomic E-state index is -3.76. The van der Waals surface area contributed by atoms with Gasteiger partial charge in [-0.25, -0.2) is 12.4 Å². The van der Waals surface area contributed by atoms with Gasteiger partial charge in [-0.2, -0.15) is 0 Å². The summed E-state index contributed by atoms with van der Waals surface area (Å²) in [6, 6.07) is 10.8. The molecule has 1 aromatic heterocycles. The molecule has 28 heavy (non-hydrogen) atoms. The molecule has 3 aromatic rings. The molecule has 1 heterocycles. The second-order valence-electron chi connectivity index (χ2n) is 8.01. The van der Waals surface area contributed by atoms with E-state index in [0.29, 0.717) is 11.9 Å². The second kappa shape index (κ2) is 5.92. The molecule has 2 bridgehead atoms. The molecule has 5 nitrogen and oxygen atoms in total. The van der Waals surface area contributed by atoms with Gasteiger partial charge in [-0.05, 0) is 54.7 Å². The van der Waals surface area contributed by atoms with Crippen molar-refractivity contribution in [2.75, 3.05) is 0 Å². The highest BCUT2D eigenvalue weighted by Crippen LogP contribution is 2.56. The Bertz CT molecular complexity index is 1190.